The fraction of sp³-hybridized carbons (Fsp3) is 0.118. The van der Waals surface area contributed by atoms with Crippen molar-refractivity contribution >= 4 is 16.7 Å². The Labute approximate surface area is 125 Å². The van der Waals surface area contributed by atoms with Crippen LogP contribution < -0.4 is 15.9 Å². The zero-order valence-electron chi connectivity index (χ0n) is 11.9. The molecule has 0 aliphatic rings. The van der Waals surface area contributed by atoms with Crippen LogP contribution >= 0.6 is 0 Å². The van der Waals surface area contributed by atoms with Gasteiger partial charge in [0.2, 0.25) is 0 Å². The summed E-state index contributed by atoms with van der Waals surface area (Å²) in [5, 5.41) is 0.435. The molecule has 22 heavy (non-hydrogen) atoms. The number of ether oxygens (including phenoxy) is 1. The van der Waals surface area contributed by atoms with E-state index in [0.717, 1.165) is 0 Å². The predicted octanol–water partition coefficient (Wildman–Crippen LogP) is 3.58. The first-order valence-electron chi connectivity index (χ1n) is 6.84. The minimum absolute atomic E-state index is 0.00643. The Kier molecular flexibility index (Phi) is 3.55. The van der Waals surface area contributed by atoms with Crippen molar-refractivity contribution in [3.63, 3.8) is 0 Å². The third-order valence-corrected chi connectivity index (χ3v) is 3.29. The molecule has 0 saturated carbocycles. The van der Waals surface area contributed by atoms with Gasteiger partial charge in [-0.15, -0.1) is 0 Å². The molecule has 0 radical (unpaired) electrons. The number of nitrogen functional groups attached to an aromatic ring is 1. The van der Waals surface area contributed by atoms with Crippen molar-refractivity contribution in [1.82, 2.24) is 0 Å². The first-order chi connectivity index (χ1) is 10.6. The van der Waals surface area contributed by atoms with Gasteiger partial charge in [-0.05, 0) is 43.3 Å². The van der Waals surface area contributed by atoms with Crippen LogP contribution in [0.5, 0.6) is 5.75 Å². The predicted molar refractivity (Wildman–Crippen MR) is 83.5 cm³/mol. The Balaban J connectivity index is 2.14. The molecule has 0 aliphatic carbocycles. The van der Waals surface area contributed by atoms with Crippen molar-refractivity contribution in [1.29, 1.82) is 0 Å². The molecule has 3 aromatic rings. The van der Waals surface area contributed by atoms with Gasteiger partial charge in [0.25, 0.3) is 0 Å². The van der Waals surface area contributed by atoms with Crippen LogP contribution in [0.2, 0.25) is 0 Å². The summed E-state index contributed by atoms with van der Waals surface area (Å²) in [4.78, 5) is 12.3. The normalized spacial score (nSPS) is 10.8. The lowest BCUT2D eigenvalue weighted by atomic mass is 10.1. The Morgan fingerprint density at radius 2 is 2.00 bits per heavy atom. The molecular weight excluding hydrogens is 285 g/mol. The second-order valence-electron chi connectivity index (χ2n) is 4.80. The van der Waals surface area contributed by atoms with E-state index < -0.39 is 5.82 Å². The average molecular weight is 299 g/mol. The summed E-state index contributed by atoms with van der Waals surface area (Å²) >= 11 is 0. The molecule has 0 saturated heterocycles. The van der Waals surface area contributed by atoms with E-state index in [4.69, 9.17) is 14.9 Å². The number of fused-ring (bicyclic) bond motifs is 1. The number of benzene rings is 2. The van der Waals surface area contributed by atoms with Crippen LogP contribution in [-0.2, 0) is 0 Å². The van der Waals surface area contributed by atoms with Crippen molar-refractivity contribution in [2.75, 3.05) is 12.3 Å². The molecule has 0 aliphatic heterocycles. The maximum absolute atomic E-state index is 13.2. The average Bonchev–Trinajstić information content (AvgIpc) is 2.51. The minimum atomic E-state index is -0.506. The largest absolute Gasteiger partial charge is 0.494 e. The molecule has 3 rings (SSSR count). The van der Waals surface area contributed by atoms with E-state index in [1.165, 1.54) is 24.3 Å². The maximum atomic E-state index is 13.2. The van der Waals surface area contributed by atoms with Gasteiger partial charge in [-0.25, -0.2) is 4.39 Å². The second-order valence-corrected chi connectivity index (χ2v) is 4.80. The van der Waals surface area contributed by atoms with Crippen LogP contribution in [0, 0.1) is 5.82 Å². The number of nitrogens with two attached hydrogens (primary N) is 1. The molecule has 112 valence electrons. The zero-order chi connectivity index (χ0) is 15.7. The molecule has 0 spiro atoms. The lowest BCUT2D eigenvalue weighted by Gasteiger charge is -2.07. The van der Waals surface area contributed by atoms with Gasteiger partial charge in [0.05, 0.1) is 17.7 Å². The summed E-state index contributed by atoms with van der Waals surface area (Å²) in [6.07, 6.45) is 0. The number of rotatable bonds is 3. The summed E-state index contributed by atoms with van der Waals surface area (Å²) in [5.41, 5.74) is 6.35. The van der Waals surface area contributed by atoms with Crippen LogP contribution in [0.3, 0.4) is 0 Å². The Hall–Kier alpha value is -2.82. The monoisotopic (exact) mass is 299 g/mol. The summed E-state index contributed by atoms with van der Waals surface area (Å²) < 4.78 is 24.3. The Morgan fingerprint density at radius 1 is 1.18 bits per heavy atom. The van der Waals surface area contributed by atoms with Crippen molar-refractivity contribution in [2.24, 2.45) is 0 Å². The van der Waals surface area contributed by atoms with Crippen LogP contribution in [0.25, 0.3) is 22.3 Å². The maximum Gasteiger partial charge on any atom is 0.193 e. The molecule has 4 nitrogen and oxygen atoms in total. The van der Waals surface area contributed by atoms with Crippen LogP contribution in [0.15, 0.2) is 51.7 Å². The van der Waals surface area contributed by atoms with Gasteiger partial charge >= 0.3 is 0 Å². The third kappa shape index (κ3) is 2.53. The molecule has 2 aromatic carbocycles. The van der Waals surface area contributed by atoms with Gasteiger partial charge in [-0.2, -0.15) is 0 Å². The number of halogens is 1. The lowest BCUT2D eigenvalue weighted by Crippen LogP contribution is -2.01. The van der Waals surface area contributed by atoms with Crippen molar-refractivity contribution in [3.05, 3.63) is 58.5 Å². The molecule has 2 N–H and O–H groups in total. The smallest absolute Gasteiger partial charge is 0.193 e. The number of hydrogen-bond donors (Lipinski definition) is 1. The zero-order valence-corrected chi connectivity index (χ0v) is 11.9. The van der Waals surface area contributed by atoms with Gasteiger partial charge in [0.1, 0.15) is 22.9 Å². The van der Waals surface area contributed by atoms with E-state index in [1.54, 1.807) is 18.2 Å². The SMILES string of the molecule is CCOc1ccc2oc(-c3ccc(F)c(N)c3)cc(=O)c2c1. The highest BCUT2D eigenvalue weighted by Gasteiger charge is 2.09. The summed E-state index contributed by atoms with van der Waals surface area (Å²) in [6.45, 7) is 2.39. The number of hydrogen-bond acceptors (Lipinski definition) is 4. The fourth-order valence-corrected chi connectivity index (χ4v) is 2.23. The Bertz CT molecular complexity index is 902. The highest BCUT2D eigenvalue weighted by atomic mass is 19.1. The summed E-state index contributed by atoms with van der Waals surface area (Å²) in [6, 6.07) is 10.6. The molecule has 0 fully saturated rings. The van der Waals surface area contributed by atoms with Crippen LogP contribution in [0.4, 0.5) is 10.1 Å². The standard InChI is InChI=1S/C17H14FNO3/c1-2-21-11-4-6-16-12(8-11)15(20)9-17(22-16)10-3-5-13(18)14(19)7-10/h3-9H,2,19H2,1H3. The van der Waals surface area contributed by atoms with Gasteiger partial charge in [0.15, 0.2) is 5.43 Å². The third-order valence-electron chi connectivity index (χ3n) is 3.29. The number of anilines is 1. The topological polar surface area (TPSA) is 65.5 Å². The molecule has 1 aromatic heterocycles. The van der Waals surface area contributed by atoms with E-state index in [2.05, 4.69) is 0 Å². The van der Waals surface area contributed by atoms with Crippen molar-refractivity contribution in [2.45, 2.75) is 6.92 Å². The van der Waals surface area contributed by atoms with E-state index in [9.17, 15) is 9.18 Å². The molecule has 0 amide bonds. The van der Waals surface area contributed by atoms with Gasteiger partial charge in [-0.1, -0.05) is 0 Å². The quantitative estimate of drug-likeness (QED) is 0.751. The Morgan fingerprint density at radius 3 is 2.73 bits per heavy atom. The first kappa shape index (κ1) is 14.1. The van der Waals surface area contributed by atoms with E-state index in [1.807, 2.05) is 6.92 Å². The molecule has 0 atom stereocenters. The lowest BCUT2D eigenvalue weighted by molar-refractivity contribution is 0.340. The second kappa shape index (κ2) is 5.52. The molecule has 5 heteroatoms. The highest BCUT2D eigenvalue weighted by Crippen LogP contribution is 2.26. The molecule has 0 bridgehead atoms. The van der Waals surface area contributed by atoms with E-state index in [0.29, 0.717) is 34.6 Å². The van der Waals surface area contributed by atoms with E-state index >= 15 is 0 Å². The molecule has 1 heterocycles. The minimum Gasteiger partial charge on any atom is -0.494 e. The summed E-state index contributed by atoms with van der Waals surface area (Å²) in [7, 11) is 0. The van der Waals surface area contributed by atoms with Crippen molar-refractivity contribution in [3.8, 4) is 17.1 Å². The van der Waals surface area contributed by atoms with Crippen LogP contribution in [-0.4, -0.2) is 6.61 Å². The van der Waals surface area contributed by atoms with Gasteiger partial charge in [-0.3, -0.25) is 4.79 Å². The molecular formula is C17H14FNO3. The van der Waals surface area contributed by atoms with Gasteiger partial charge < -0.3 is 14.9 Å². The fourth-order valence-electron chi connectivity index (χ4n) is 2.23. The highest BCUT2D eigenvalue weighted by molar-refractivity contribution is 5.80. The van der Waals surface area contributed by atoms with E-state index in [-0.39, 0.29) is 11.1 Å². The van der Waals surface area contributed by atoms with Crippen molar-refractivity contribution < 1.29 is 13.5 Å². The molecule has 0 unspecified atom stereocenters. The summed E-state index contributed by atoms with van der Waals surface area (Å²) in [5.74, 6) is 0.447. The van der Waals surface area contributed by atoms with Gasteiger partial charge in [0, 0.05) is 11.6 Å². The van der Waals surface area contributed by atoms with Crippen LogP contribution in [0.1, 0.15) is 6.92 Å². The first-order valence-corrected chi connectivity index (χ1v) is 6.84.